The fourth-order valence-corrected chi connectivity index (χ4v) is 4.77. The molecule has 0 saturated carbocycles. The van der Waals surface area contributed by atoms with E-state index < -0.39 is 0 Å². The van der Waals surface area contributed by atoms with Gasteiger partial charge in [0.2, 0.25) is 0 Å². The van der Waals surface area contributed by atoms with Crippen molar-refractivity contribution in [1.29, 1.82) is 0 Å². The van der Waals surface area contributed by atoms with Crippen LogP contribution in [0.25, 0.3) is 6.08 Å². The summed E-state index contributed by atoms with van der Waals surface area (Å²) in [5.41, 5.74) is 3.56. The van der Waals surface area contributed by atoms with Crippen LogP contribution in [-0.4, -0.2) is 18.1 Å². The number of hydrogen-bond donors (Lipinski definition) is 1. The molecule has 174 valence electrons. The fraction of sp³-hybridized carbons (Fsp3) is 0.120. The topological polar surface area (TPSA) is 50.8 Å². The van der Waals surface area contributed by atoms with Crippen LogP contribution in [0.1, 0.15) is 16.7 Å². The van der Waals surface area contributed by atoms with E-state index in [2.05, 4.69) is 5.32 Å². The second-order valence-corrected chi connectivity index (χ2v) is 9.11. The molecule has 9 heteroatoms. The van der Waals surface area contributed by atoms with Crippen LogP contribution in [0.2, 0.25) is 15.1 Å². The van der Waals surface area contributed by atoms with Crippen LogP contribution in [0.15, 0.2) is 60.3 Å². The minimum Gasteiger partial charge on any atom is -0.496 e. The zero-order valence-corrected chi connectivity index (χ0v) is 21.3. The number of thiocarbonyl (C=S) groups is 1. The molecule has 1 N–H and O–H groups in total. The first-order valence-corrected chi connectivity index (χ1v) is 11.7. The lowest BCUT2D eigenvalue weighted by Crippen LogP contribution is -2.30. The highest BCUT2D eigenvalue weighted by atomic mass is 35.5. The lowest BCUT2D eigenvalue weighted by Gasteiger charge is -2.16. The summed E-state index contributed by atoms with van der Waals surface area (Å²) in [6.07, 6.45) is 1.73. The van der Waals surface area contributed by atoms with Gasteiger partial charge < -0.3 is 14.8 Å². The predicted octanol–water partition coefficient (Wildman–Crippen LogP) is 6.81. The first-order chi connectivity index (χ1) is 16.3. The highest BCUT2D eigenvalue weighted by Gasteiger charge is 2.32. The van der Waals surface area contributed by atoms with E-state index in [0.717, 1.165) is 22.4 Å². The molecule has 1 fully saturated rings. The molecule has 0 unspecified atom stereocenters. The Balaban J connectivity index is 1.60. The Hall–Kier alpha value is -2.77. The van der Waals surface area contributed by atoms with E-state index in [9.17, 15) is 4.79 Å². The van der Waals surface area contributed by atoms with Crippen LogP contribution in [0.4, 0.5) is 5.69 Å². The Morgan fingerprint density at radius 1 is 1.06 bits per heavy atom. The number of aryl methyl sites for hydroxylation is 1. The number of nitrogens with one attached hydrogen (secondary N) is 1. The van der Waals surface area contributed by atoms with Crippen LogP contribution in [0.5, 0.6) is 11.5 Å². The summed E-state index contributed by atoms with van der Waals surface area (Å²) in [6, 6.07) is 16.2. The molecule has 0 atom stereocenters. The number of ether oxygens (including phenoxy) is 2. The molecule has 0 aliphatic carbocycles. The molecule has 0 bridgehead atoms. The van der Waals surface area contributed by atoms with Crippen molar-refractivity contribution in [3.63, 3.8) is 0 Å². The first kappa shape index (κ1) is 24.4. The van der Waals surface area contributed by atoms with E-state index in [-0.39, 0.29) is 12.5 Å². The van der Waals surface area contributed by atoms with Gasteiger partial charge in [-0.15, -0.1) is 0 Å². The van der Waals surface area contributed by atoms with Gasteiger partial charge in [-0.25, -0.2) is 0 Å². The van der Waals surface area contributed by atoms with E-state index in [0.29, 0.717) is 37.4 Å². The van der Waals surface area contributed by atoms with Crippen molar-refractivity contribution < 1.29 is 14.3 Å². The van der Waals surface area contributed by atoms with Gasteiger partial charge >= 0.3 is 0 Å². The maximum atomic E-state index is 13.1. The third-order valence-corrected chi connectivity index (χ3v) is 6.25. The van der Waals surface area contributed by atoms with Crippen molar-refractivity contribution in [2.24, 2.45) is 0 Å². The van der Waals surface area contributed by atoms with E-state index in [1.54, 1.807) is 31.4 Å². The molecule has 1 heterocycles. The predicted molar refractivity (Wildman–Crippen MR) is 141 cm³/mol. The molecule has 3 aromatic carbocycles. The van der Waals surface area contributed by atoms with Gasteiger partial charge in [0, 0.05) is 10.6 Å². The second kappa shape index (κ2) is 10.2. The van der Waals surface area contributed by atoms with Gasteiger partial charge in [0.15, 0.2) is 10.9 Å². The number of methoxy groups -OCH3 is 1. The van der Waals surface area contributed by atoms with E-state index in [4.69, 9.17) is 56.5 Å². The summed E-state index contributed by atoms with van der Waals surface area (Å²) in [5.74, 6) is 0.712. The number of halogens is 3. The van der Waals surface area contributed by atoms with Gasteiger partial charge in [0.05, 0.1) is 22.8 Å². The molecule has 0 spiro atoms. The Morgan fingerprint density at radius 3 is 2.44 bits per heavy atom. The van der Waals surface area contributed by atoms with Crippen LogP contribution >= 0.6 is 47.0 Å². The van der Waals surface area contributed by atoms with Crippen LogP contribution in [0, 0.1) is 6.92 Å². The van der Waals surface area contributed by atoms with Gasteiger partial charge in [-0.05, 0) is 66.7 Å². The number of carbonyl (C=O) groups excluding carboxylic acids is 1. The number of amides is 1. The molecule has 1 aliphatic heterocycles. The third-order valence-electron chi connectivity index (χ3n) is 5.19. The van der Waals surface area contributed by atoms with Crippen molar-refractivity contribution in [2.45, 2.75) is 13.5 Å². The maximum Gasteiger partial charge on any atom is 0.281 e. The average molecular weight is 534 g/mol. The lowest BCUT2D eigenvalue weighted by atomic mass is 10.1. The summed E-state index contributed by atoms with van der Waals surface area (Å²) >= 11 is 23.9. The van der Waals surface area contributed by atoms with Crippen molar-refractivity contribution in [2.75, 3.05) is 12.0 Å². The number of hydrogen-bond acceptors (Lipinski definition) is 4. The van der Waals surface area contributed by atoms with E-state index >= 15 is 0 Å². The summed E-state index contributed by atoms with van der Waals surface area (Å²) < 4.78 is 11.3. The molecule has 4 rings (SSSR count). The minimum absolute atomic E-state index is 0.135. The summed E-state index contributed by atoms with van der Waals surface area (Å²) in [4.78, 5) is 14.6. The van der Waals surface area contributed by atoms with Crippen molar-refractivity contribution >= 4 is 69.8 Å². The van der Waals surface area contributed by atoms with Gasteiger partial charge in [-0.2, -0.15) is 0 Å². The number of nitrogens with zero attached hydrogens (tertiary/aromatic N) is 1. The summed E-state index contributed by atoms with van der Waals surface area (Å²) in [5, 5.41) is 4.37. The normalized spacial score (nSPS) is 14.5. The number of benzene rings is 3. The smallest absolute Gasteiger partial charge is 0.281 e. The summed E-state index contributed by atoms with van der Waals surface area (Å²) in [7, 11) is 1.57. The van der Waals surface area contributed by atoms with E-state index in [1.165, 1.54) is 4.90 Å². The first-order valence-electron chi connectivity index (χ1n) is 10.2. The van der Waals surface area contributed by atoms with E-state index in [1.807, 2.05) is 43.3 Å². The number of rotatable bonds is 6. The molecule has 1 aliphatic rings. The number of para-hydroxylation sites is 1. The Labute approximate surface area is 217 Å². The molecule has 1 saturated heterocycles. The van der Waals surface area contributed by atoms with Crippen LogP contribution in [0.3, 0.4) is 0 Å². The van der Waals surface area contributed by atoms with Gasteiger partial charge in [0.25, 0.3) is 5.91 Å². The van der Waals surface area contributed by atoms with Gasteiger partial charge in [-0.1, -0.05) is 59.1 Å². The molecular formula is C25H19Cl3N2O3S. The SMILES string of the molecule is COc1ccc(/C=C2/NC(=S)N(c3ccccc3C)C2=O)cc1COc1c(Cl)cc(Cl)cc1Cl. The van der Waals surface area contributed by atoms with Gasteiger partial charge in [-0.3, -0.25) is 9.69 Å². The zero-order valence-electron chi connectivity index (χ0n) is 18.2. The van der Waals surface area contributed by atoms with Gasteiger partial charge in [0.1, 0.15) is 18.1 Å². The molecule has 3 aromatic rings. The molecule has 1 amide bonds. The third kappa shape index (κ3) is 5.00. The molecule has 0 aromatic heterocycles. The monoisotopic (exact) mass is 532 g/mol. The van der Waals surface area contributed by atoms with Crippen molar-refractivity contribution in [3.8, 4) is 11.5 Å². The zero-order chi connectivity index (χ0) is 24.4. The number of carbonyl (C=O) groups is 1. The highest BCUT2D eigenvalue weighted by molar-refractivity contribution is 7.80. The Morgan fingerprint density at radius 2 is 1.76 bits per heavy atom. The van der Waals surface area contributed by atoms with Crippen LogP contribution in [-0.2, 0) is 11.4 Å². The van der Waals surface area contributed by atoms with Crippen LogP contribution < -0.4 is 19.7 Å². The largest absolute Gasteiger partial charge is 0.496 e. The molecule has 5 nitrogen and oxygen atoms in total. The quantitative estimate of drug-likeness (QED) is 0.279. The highest BCUT2D eigenvalue weighted by Crippen LogP contribution is 2.37. The van der Waals surface area contributed by atoms with Crippen molar-refractivity contribution in [1.82, 2.24) is 5.32 Å². The van der Waals surface area contributed by atoms with Crippen molar-refractivity contribution in [3.05, 3.63) is 92.1 Å². The minimum atomic E-state index is -0.229. The Kier molecular flexibility index (Phi) is 7.33. The lowest BCUT2D eigenvalue weighted by molar-refractivity contribution is -0.113. The standard InChI is InChI=1S/C25H19Cl3N2O3S/c1-14-5-3-4-6-21(14)30-24(31)20(29-25(30)34)10-15-7-8-22(32-2)16(9-15)13-33-23-18(27)11-17(26)12-19(23)28/h3-12H,13H2,1-2H3,(H,29,34)/b20-10+. The second-order valence-electron chi connectivity index (χ2n) is 7.47. The Bertz CT molecular complexity index is 1300. The number of anilines is 1. The maximum absolute atomic E-state index is 13.1. The average Bonchev–Trinajstić information content (AvgIpc) is 3.06. The molecular weight excluding hydrogens is 515 g/mol. The fourth-order valence-electron chi connectivity index (χ4n) is 3.55. The summed E-state index contributed by atoms with van der Waals surface area (Å²) in [6.45, 7) is 2.07. The molecule has 0 radical (unpaired) electrons. The molecule has 34 heavy (non-hydrogen) atoms.